The standard InChI is InChI=1S/C25H42N2O3S/c1-17-12-18(2)14-21(13-17)22-15-20(4)23(16-19(22)3)27-24(28)10-8-9-11-26-31(29,30)25(5,6)7/h15-18,21,26H,8-14H2,1-7H3,(H,27,28)/t17-,18+,21?. The van der Waals surface area contributed by atoms with Crippen molar-refractivity contribution in [1.29, 1.82) is 0 Å². The maximum Gasteiger partial charge on any atom is 0.224 e. The molecule has 1 unspecified atom stereocenters. The Morgan fingerprint density at radius 2 is 1.61 bits per heavy atom. The molecule has 0 radical (unpaired) electrons. The molecule has 1 aromatic carbocycles. The number of amides is 1. The molecule has 2 N–H and O–H groups in total. The zero-order valence-corrected chi connectivity index (χ0v) is 21.3. The van der Waals surface area contributed by atoms with Crippen LogP contribution < -0.4 is 10.0 Å². The molecule has 0 heterocycles. The smallest absolute Gasteiger partial charge is 0.224 e. The first-order valence-corrected chi connectivity index (χ1v) is 13.2. The summed E-state index contributed by atoms with van der Waals surface area (Å²) < 4.78 is 25.9. The highest BCUT2D eigenvalue weighted by molar-refractivity contribution is 7.90. The van der Waals surface area contributed by atoms with Gasteiger partial charge in [-0.15, -0.1) is 0 Å². The van der Waals surface area contributed by atoms with Gasteiger partial charge in [-0.2, -0.15) is 0 Å². The van der Waals surface area contributed by atoms with Crippen LogP contribution >= 0.6 is 0 Å². The van der Waals surface area contributed by atoms with E-state index >= 15 is 0 Å². The first-order chi connectivity index (χ1) is 14.3. The molecule has 1 aliphatic carbocycles. The Hall–Kier alpha value is -1.40. The molecule has 0 bridgehead atoms. The zero-order chi connectivity index (χ0) is 23.4. The summed E-state index contributed by atoms with van der Waals surface area (Å²) in [5.74, 6) is 2.12. The monoisotopic (exact) mass is 450 g/mol. The van der Waals surface area contributed by atoms with Crippen molar-refractivity contribution in [3.05, 3.63) is 28.8 Å². The number of sulfonamides is 1. The van der Waals surface area contributed by atoms with Crippen LogP contribution in [-0.2, 0) is 14.8 Å². The van der Waals surface area contributed by atoms with Crippen molar-refractivity contribution in [2.45, 2.75) is 97.7 Å². The Morgan fingerprint density at radius 1 is 1.00 bits per heavy atom. The van der Waals surface area contributed by atoms with Gasteiger partial charge < -0.3 is 5.32 Å². The summed E-state index contributed by atoms with van der Waals surface area (Å²) in [6, 6.07) is 4.38. The largest absolute Gasteiger partial charge is 0.326 e. The molecule has 1 aliphatic rings. The Morgan fingerprint density at radius 3 is 2.19 bits per heavy atom. The lowest BCUT2D eigenvalue weighted by molar-refractivity contribution is -0.116. The number of aryl methyl sites for hydroxylation is 2. The van der Waals surface area contributed by atoms with Gasteiger partial charge in [-0.3, -0.25) is 4.79 Å². The fourth-order valence-corrected chi connectivity index (χ4v) is 5.51. The van der Waals surface area contributed by atoms with Gasteiger partial charge in [0, 0.05) is 18.7 Å². The lowest BCUT2D eigenvalue weighted by Gasteiger charge is -2.33. The maximum absolute atomic E-state index is 12.4. The maximum atomic E-state index is 12.4. The van der Waals surface area contributed by atoms with Crippen LogP contribution in [0.25, 0.3) is 0 Å². The van der Waals surface area contributed by atoms with E-state index in [0.29, 0.717) is 31.7 Å². The summed E-state index contributed by atoms with van der Waals surface area (Å²) in [5.41, 5.74) is 4.68. The molecule has 1 aromatic rings. The average Bonchev–Trinajstić information content (AvgIpc) is 2.62. The molecule has 6 heteroatoms. The highest BCUT2D eigenvalue weighted by atomic mass is 32.2. The van der Waals surface area contributed by atoms with Gasteiger partial charge in [0.15, 0.2) is 0 Å². The number of carbonyl (C=O) groups is 1. The molecule has 1 saturated carbocycles. The number of rotatable bonds is 8. The van der Waals surface area contributed by atoms with Crippen LogP contribution in [0.15, 0.2) is 12.1 Å². The number of benzene rings is 1. The average molecular weight is 451 g/mol. The predicted molar refractivity (Wildman–Crippen MR) is 130 cm³/mol. The van der Waals surface area contributed by atoms with E-state index in [0.717, 1.165) is 23.1 Å². The number of anilines is 1. The Bertz CT molecular complexity index is 861. The molecule has 0 saturated heterocycles. The van der Waals surface area contributed by atoms with Crippen molar-refractivity contribution in [2.75, 3.05) is 11.9 Å². The third-order valence-corrected chi connectivity index (χ3v) is 8.63. The first kappa shape index (κ1) is 25.9. The van der Waals surface area contributed by atoms with E-state index < -0.39 is 14.8 Å². The summed E-state index contributed by atoms with van der Waals surface area (Å²) in [6.07, 6.45) is 5.48. The van der Waals surface area contributed by atoms with E-state index in [4.69, 9.17) is 0 Å². The normalized spacial score (nSPS) is 22.4. The fraction of sp³-hybridized carbons (Fsp3) is 0.720. The summed E-state index contributed by atoms with van der Waals surface area (Å²) in [4.78, 5) is 12.4. The number of nitrogens with one attached hydrogen (secondary N) is 2. The van der Waals surface area contributed by atoms with Crippen molar-refractivity contribution in [3.63, 3.8) is 0 Å². The molecule has 3 atom stereocenters. The molecule has 5 nitrogen and oxygen atoms in total. The van der Waals surface area contributed by atoms with E-state index in [9.17, 15) is 13.2 Å². The number of hydrogen-bond donors (Lipinski definition) is 2. The van der Waals surface area contributed by atoms with Crippen molar-refractivity contribution in [3.8, 4) is 0 Å². The summed E-state index contributed by atoms with van der Waals surface area (Å²) in [5, 5.41) is 3.05. The first-order valence-electron chi connectivity index (χ1n) is 11.7. The molecule has 0 spiro atoms. The highest BCUT2D eigenvalue weighted by Gasteiger charge is 2.28. The summed E-state index contributed by atoms with van der Waals surface area (Å²) in [6.45, 7) is 14.3. The second-order valence-electron chi connectivity index (χ2n) is 10.7. The minimum Gasteiger partial charge on any atom is -0.326 e. The van der Waals surface area contributed by atoms with Crippen LogP contribution in [-0.4, -0.2) is 25.6 Å². The van der Waals surface area contributed by atoms with Crippen LogP contribution in [0.4, 0.5) is 5.69 Å². The quantitative estimate of drug-likeness (QED) is 0.501. The van der Waals surface area contributed by atoms with Crippen LogP contribution in [0.3, 0.4) is 0 Å². The van der Waals surface area contributed by atoms with Crippen LogP contribution in [0.2, 0.25) is 0 Å². The Kier molecular flexibility index (Phi) is 8.74. The predicted octanol–water partition coefficient (Wildman–Crippen LogP) is 5.67. The van der Waals surface area contributed by atoms with Gasteiger partial charge in [0.25, 0.3) is 0 Å². The van der Waals surface area contributed by atoms with Crippen molar-refractivity contribution >= 4 is 21.6 Å². The van der Waals surface area contributed by atoms with Gasteiger partial charge in [-0.25, -0.2) is 13.1 Å². The van der Waals surface area contributed by atoms with Gasteiger partial charge >= 0.3 is 0 Å². The molecule has 0 aliphatic heterocycles. The third kappa shape index (κ3) is 7.31. The second kappa shape index (κ2) is 10.5. The summed E-state index contributed by atoms with van der Waals surface area (Å²) in [7, 11) is -3.33. The highest BCUT2D eigenvalue weighted by Crippen LogP contribution is 2.41. The van der Waals surface area contributed by atoms with Crippen LogP contribution in [0.1, 0.15) is 95.8 Å². The van der Waals surface area contributed by atoms with Crippen molar-refractivity contribution < 1.29 is 13.2 Å². The van der Waals surface area contributed by atoms with Gasteiger partial charge in [0.2, 0.25) is 15.9 Å². The van der Waals surface area contributed by atoms with Crippen LogP contribution in [0.5, 0.6) is 0 Å². The summed E-state index contributed by atoms with van der Waals surface area (Å²) >= 11 is 0. The molecule has 1 amide bonds. The molecule has 2 rings (SSSR count). The number of carbonyl (C=O) groups excluding carboxylic acids is 1. The lowest BCUT2D eigenvalue weighted by Crippen LogP contribution is -2.39. The van der Waals surface area contributed by atoms with E-state index in [1.807, 2.05) is 0 Å². The topological polar surface area (TPSA) is 75.3 Å². The van der Waals surface area contributed by atoms with Crippen molar-refractivity contribution in [2.24, 2.45) is 11.8 Å². The van der Waals surface area contributed by atoms with E-state index in [-0.39, 0.29) is 5.91 Å². The third-order valence-electron chi connectivity index (χ3n) is 6.43. The van der Waals surface area contributed by atoms with E-state index in [1.54, 1.807) is 20.8 Å². The lowest BCUT2D eigenvalue weighted by atomic mass is 9.73. The molecular weight excluding hydrogens is 408 g/mol. The van der Waals surface area contributed by atoms with Crippen LogP contribution in [0, 0.1) is 25.7 Å². The molecule has 31 heavy (non-hydrogen) atoms. The Labute approximate surface area is 189 Å². The van der Waals surface area contributed by atoms with E-state index in [1.165, 1.54) is 30.4 Å². The minimum absolute atomic E-state index is 0.0196. The molecular formula is C25H42N2O3S. The molecule has 0 aromatic heterocycles. The van der Waals surface area contributed by atoms with Gasteiger partial charge in [0.05, 0.1) is 4.75 Å². The van der Waals surface area contributed by atoms with Crippen molar-refractivity contribution in [1.82, 2.24) is 4.72 Å². The molecule has 176 valence electrons. The Balaban J connectivity index is 1.87. The SMILES string of the molecule is Cc1cc(C2C[C@@H](C)C[C@@H](C)C2)c(C)cc1NC(=O)CCCCNS(=O)(=O)C(C)(C)C. The van der Waals surface area contributed by atoms with Gasteiger partial charge in [0.1, 0.15) is 0 Å². The fourth-order valence-electron chi connectivity index (χ4n) is 4.66. The minimum atomic E-state index is -3.33. The second-order valence-corrected chi connectivity index (χ2v) is 13.2. The molecule has 1 fully saturated rings. The van der Waals surface area contributed by atoms with Gasteiger partial charge in [-0.05, 0) is 107 Å². The van der Waals surface area contributed by atoms with Gasteiger partial charge in [-0.1, -0.05) is 19.9 Å². The zero-order valence-electron chi connectivity index (χ0n) is 20.5. The number of unbranched alkanes of at least 4 members (excludes halogenated alkanes) is 1. The van der Waals surface area contributed by atoms with E-state index in [2.05, 4.69) is 49.9 Å². The number of hydrogen-bond acceptors (Lipinski definition) is 3.